The number of hydrogen-bond acceptors (Lipinski definition) is 6. The lowest BCUT2D eigenvalue weighted by Crippen LogP contribution is -2.35. The summed E-state index contributed by atoms with van der Waals surface area (Å²) in [6.07, 6.45) is 8.74. The van der Waals surface area contributed by atoms with Gasteiger partial charge in [-0.3, -0.25) is 0 Å². The number of aromatic nitrogens is 2. The molecule has 24 heavy (non-hydrogen) atoms. The molecule has 1 saturated heterocycles. The Labute approximate surface area is 141 Å². The molecule has 0 unspecified atom stereocenters. The summed E-state index contributed by atoms with van der Waals surface area (Å²) in [5.41, 5.74) is 0.516. The molecule has 2 aromatic rings. The van der Waals surface area contributed by atoms with Crippen LogP contribution in [0, 0.1) is 0 Å². The van der Waals surface area contributed by atoms with Crippen LogP contribution in [-0.2, 0) is 10.0 Å². The van der Waals surface area contributed by atoms with Crippen LogP contribution in [0.5, 0.6) is 0 Å². The first-order chi connectivity index (χ1) is 11.6. The molecular formula is C16H21N3O4S. The highest BCUT2D eigenvalue weighted by atomic mass is 32.2. The third-order valence-corrected chi connectivity index (χ3v) is 6.64. The summed E-state index contributed by atoms with van der Waals surface area (Å²) in [6, 6.07) is 1.48. The lowest BCUT2D eigenvalue weighted by Gasteiger charge is -2.24. The molecule has 1 aliphatic carbocycles. The van der Waals surface area contributed by atoms with Crippen LogP contribution in [0.15, 0.2) is 26.3 Å². The van der Waals surface area contributed by atoms with Gasteiger partial charge in [0.2, 0.25) is 11.0 Å². The first kappa shape index (κ1) is 15.8. The molecule has 1 saturated carbocycles. The van der Waals surface area contributed by atoms with Crippen molar-refractivity contribution in [1.29, 1.82) is 0 Å². The Morgan fingerprint density at radius 1 is 1.04 bits per heavy atom. The van der Waals surface area contributed by atoms with E-state index in [9.17, 15) is 8.42 Å². The van der Waals surface area contributed by atoms with Crippen molar-refractivity contribution in [1.82, 2.24) is 14.5 Å². The Kier molecular flexibility index (Phi) is 4.17. The van der Waals surface area contributed by atoms with Crippen molar-refractivity contribution in [2.75, 3.05) is 13.1 Å². The minimum atomic E-state index is -3.58. The molecule has 2 fully saturated rings. The highest BCUT2D eigenvalue weighted by molar-refractivity contribution is 7.89. The van der Waals surface area contributed by atoms with Gasteiger partial charge in [-0.05, 0) is 25.7 Å². The summed E-state index contributed by atoms with van der Waals surface area (Å²) < 4.78 is 37.8. The smallest absolute Gasteiger partial charge is 0.276 e. The van der Waals surface area contributed by atoms with E-state index in [4.69, 9.17) is 8.83 Å². The fourth-order valence-electron chi connectivity index (χ4n) is 3.49. The van der Waals surface area contributed by atoms with E-state index in [2.05, 4.69) is 10.2 Å². The third-order valence-electron chi connectivity index (χ3n) is 4.88. The van der Waals surface area contributed by atoms with Crippen molar-refractivity contribution in [3.63, 3.8) is 0 Å². The van der Waals surface area contributed by atoms with Crippen LogP contribution in [0.4, 0.5) is 0 Å². The second-order valence-electron chi connectivity index (χ2n) is 6.55. The van der Waals surface area contributed by atoms with Gasteiger partial charge in [-0.1, -0.05) is 19.3 Å². The molecular weight excluding hydrogens is 330 g/mol. The zero-order valence-corrected chi connectivity index (χ0v) is 14.3. The van der Waals surface area contributed by atoms with E-state index < -0.39 is 10.0 Å². The van der Waals surface area contributed by atoms with Crippen molar-refractivity contribution in [3.8, 4) is 11.5 Å². The van der Waals surface area contributed by atoms with Gasteiger partial charge in [0.15, 0.2) is 0 Å². The first-order valence-electron chi connectivity index (χ1n) is 8.57. The lowest BCUT2D eigenvalue weighted by molar-refractivity contribution is 0.332. The summed E-state index contributed by atoms with van der Waals surface area (Å²) in [6.45, 7) is 1.09. The molecule has 0 N–H and O–H groups in total. The zero-order chi connectivity index (χ0) is 16.6. The predicted molar refractivity (Wildman–Crippen MR) is 85.8 cm³/mol. The summed E-state index contributed by atoms with van der Waals surface area (Å²) in [5.74, 6) is 1.29. The molecule has 8 heteroatoms. The summed E-state index contributed by atoms with van der Waals surface area (Å²) >= 11 is 0. The zero-order valence-electron chi connectivity index (χ0n) is 13.5. The molecule has 0 aromatic carbocycles. The maximum Gasteiger partial charge on any atom is 0.276 e. The molecule has 3 heterocycles. The molecule has 4 rings (SSSR count). The molecule has 0 spiro atoms. The van der Waals surface area contributed by atoms with Gasteiger partial charge >= 0.3 is 0 Å². The maximum atomic E-state index is 12.6. The molecule has 0 radical (unpaired) electrons. The van der Waals surface area contributed by atoms with Crippen molar-refractivity contribution < 1.29 is 17.3 Å². The van der Waals surface area contributed by atoms with Crippen LogP contribution >= 0.6 is 0 Å². The Bertz CT molecular complexity index is 799. The highest BCUT2D eigenvalue weighted by Crippen LogP contribution is 2.35. The predicted octanol–water partition coefficient (Wildman–Crippen LogP) is 3.16. The number of furan rings is 1. The summed E-state index contributed by atoms with van der Waals surface area (Å²) in [4.78, 5) is 0. The Hall–Kier alpha value is -1.67. The molecule has 130 valence electrons. The van der Waals surface area contributed by atoms with Crippen LogP contribution in [0.2, 0.25) is 0 Å². The number of sulfonamides is 1. The van der Waals surface area contributed by atoms with E-state index in [1.165, 1.54) is 29.5 Å². The number of piperidine rings is 1. The van der Waals surface area contributed by atoms with Gasteiger partial charge in [-0.25, -0.2) is 8.42 Å². The average Bonchev–Trinajstić information content (AvgIpc) is 3.34. The van der Waals surface area contributed by atoms with Crippen molar-refractivity contribution in [3.05, 3.63) is 18.2 Å². The van der Waals surface area contributed by atoms with Gasteiger partial charge in [0.05, 0.1) is 5.56 Å². The quantitative estimate of drug-likeness (QED) is 0.840. The van der Waals surface area contributed by atoms with Gasteiger partial charge in [0, 0.05) is 25.1 Å². The molecule has 7 nitrogen and oxygen atoms in total. The summed E-state index contributed by atoms with van der Waals surface area (Å²) in [7, 11) is -3.58. The normalized spacial score (nSPS) is 20.7. The lowest BCUT2D eigenvalue weighted by atomic mass is 10.1. The third kappa shape index (κ3) is 2.88. The number of rotatable bonds is 4. The van der Waals surface area contributed by atoms with Crippen LogP contribution in [0.25, 0.3) is 11.5 Å². The average molecular weight is 351 g/mol. The van der Waals surface area contributed by atoms with E-state index >= 15 is 0 Å². The van der Waals surface area contributed by atoms with Crippen LogP contribution < -0.4 is 0 Å². The molecule has 2 aromatic heterocycles. The standard InChI is InChI=1S/C16H21N3O4S/c20-24(21,19-8-4-1-5-9-19)14-10-13(11-22-14)16-18-17-15(23-16)12-6-2-3-7-12/h10-12H,1-9H2. The largest absolute Gasteiger partial charge is 0.451 e. The van der Waals surface area contributed by atoms with Crippen molar-refractivity contribution in [2.45, 2.75) is 56.0 Å². The Morgan fingerprint density at radius 2 is 1.79 bits per heavy atom. The summed E-state index contributed by atoms with van der Waals surface area (Å²) in [5, 5.41) is 8.12. The molecule has 2 aliphatic rings. The minimum Gasteiger partial charge on any atom is -0.451 e. The van der Waals surface area contributed by atoms with Gasteiger partial charge in [0.1, 0.15) is 6.26 Å². The van der Waals surface area contributed by atoms with Gasteiger partial charge in [0.25, 0.3) is 15.9 Å². The highest BCUT2D eigenvalue weighted by Gasteiger charge is 2.30. The van der Waals surface area contributed by atoms with E-state index in [0.29, 0.717) is 36.4 Å². The van der Waals surface area contributed by atoms with Gasteiger partial charge < -0.3 is 8.83 Å². The van der Waals surface area contributed by atoms with E-state index in [0.717, 1.165) is 32.1 Å². The van der Waals surface area contributed by atoms with Crippen molar-refractivity contribution >= 4 is 10.0 Å². The number of hydrogen-bond donors (Lipinski definition) is 0. The molecule has 0 amide bonds. The van der Waals surface area contributed by atoms with E-state index in [1.807, 2.05) is 0 Å². The van der Waals surface area contributed by atoms with E-state index in [1.54, 1.807) is 0 Å². The Morgan fingerprint density at radius 3 is 2.54 bits per heavy atom. The van der Waals surface area contributed by atoms with E-state index in [-0.39, 0.29) is 5.09 Å². The van der Waals surface area contributed by atoms with Crippen molar-refractivity contribution in [2.24, 2.45) is 0 Å². The monoisotopic (exact) mass is 351 g/mol. The van der Waals surface area contributed by atoms with Crippen LogP contribution in [0.1, 0.15) is 56.8 Å². The fourth-order valence-corrected chi connectivity index (χ4v) is 4.92. The van der Waals surface area contributed by atoms with Crippen LogP contribution in [0.3, 0.4) is 0 Å². The second kappa shape index (κ2) is 6.33. The fraction of sp³-hybridized carbons (Fsp3) is 0.625. The second-order valence-corrected chi connectivity index (χ2v) is 8.41. The molecule has 1 aliphatic heterocycles. The first-order valence-corrected chi connectivity index (χ1v) is 10.0. The topological polar surface area (TPSA) is 89.4 Å². The SMILES string of the molecule is O=S(=O)(c1cc(-c2nnc(C3CCCC3)o2)co1)N1CCCCC1. The maximum absolute atomic E-state index is 12.6. The number of nitrogens with zero attached hydrogens (tertiary/aromatic N) is 3. The van der Waals surface area contributed by atoms with Gasteiger partial charge in [-0.2, -0.15) is 4.31 Å². The molecule has 0 atom stereocenters. The van der Waals surface area contributed by atoms with Crippen LogP contribution in [-0.4, -0.2) is 36.0 Å². The Balaban J connectivity index is 1.56. The minimum absolute atomic E-state index is 0.0555. The van der Waals surface area contributed by atoms with Gasteiger partial charge in [-0.15, -0.1) is 10.2 Å². The molecule has 0 bridgehead atoms.